The molecule has 94 valence electrons. The number of H-pyrrole nitrogens is 1. The zero-order chi connectivity index (χ0) is 12.7. The maximum absolute atomic E-state index is 10.4. The van der Waals surface area contributed by atoms with E-state index in [1.165, 1.54) is 0 Å². The van der Waals surface area contributed by atoms with Gasteiger partial charge in [-0.25, -0.2) is 4.98 Å². The zero-order valence-electron chi connectivity index (χ0n) is 9.45. The van der Waals surface area contributed by atoms with Crippen molar-refractivity contribution >= 4 is 28.6 Å². The number of aliphatic carboxylic acids is 1. The van der Waals surface area contributed by atoms with E-state index in [-0.39, 0.29) is 10.5 Å². The number of rotatable bonds is 8. The standard InChI is InChI=1S/C11H16IN3O2/c1-8(3-2-4-11(16)17)15-10(12)5-9-6-13-7-14-9/h6-7,10,15H,1-5H2,(H,13,14)(H,16,17). The van der Waals surface area contributed by atoms with Crippen LogP contribution in [0.2, 0.25) is 0 Å². The summed E-state index contributed by atoms with van der Waals surface area (Å²) in [6, 6.07) is 0. The summed E-state index contributed by atoms with van der Waals surface area (Å²) < 4.78 is 0.227. The Morgan fingerprint density at radius 3 is 3.00 bits per heavy atom. The number of nitrogens with zero attached hydrogens (tertiary/aromatic N) is 1. The molecule has 1 rings (SSSR count). The summed E-state index contributed by atoms with van der Waals surface area (Å²) >= 11 is 2.29. The van der Waals surface area contributed by atoms with E-state index in [4.69, 9.17) is 5.11 Å². The van der Waals surface area contributed by atoms with Crippen LogP contribution in [0.4, 0.5) is 0 Å². The molecule has 0 amide bonds. The molecule has 0 aromatic carbocycles. The van der Waals surface area contributed by atoms with Crippen molar-refractivity contribution < 1.29 is 9.90 Å². The van der Waals surface area contributed by atoms with Gasteiger partial charge in [-0.2, -0.15) is 0 Å². The van der Waals surface area contributed by atoms with Gasteiger partial charge in [-0.15, -0.1) is 0 Å². The number of hydrogen-bond donors (Lipinski definition) is 3. The van der Waals surface area contributed by atoms with Gasteiger partial charge in [-0.1, -0.05) is 29.2 Å². The minimum Gasteiger partial charge on any atom is -0.481 e. The summed E-state index contributed by atoms with van der Waals surface area (Å²) in [5.74, 6) is -0.763. The van der Waals surface area contributed by atoms with Gasteiger partial charge < -0.3 is 15.4 Å². The van der Waals surface area contributed by atoms with Crippen LogP contribution in [-0.2, 0) is 11.2 Å². The van der Waals surface area contributed by atoms with Gasteiger partial charge in [0.25, 0.3) is 0 Å². The van der Waals surface area contributed by atoms with E-state index in [0.717, 1.165) is 17.8 Å². The number of imidazole rings is 1. The number of nitrogens with one attached hydrogen (secondary N) is 2. The highest BCUT2D eigenvalue weighted by Gasteiger charge is 2.07. The molecule has 1 aromatic heterocycles. The third kappa shape index (κ3) is 6.30. The molecule has 0 saturated heterocycles. The SMILES string of the molecule is C=C(CCCC(=O)O)NC(I)Cc1cnc[nH]1. The largest absolute Gasteiger partial charge is 0.481 e. The Morgan fingerprint density at radius 1 is 1.65 bits per heavy atom. The molecule has 0 aliphatic rings. The van der Waals surface area contributed by atoms with Crippen molar-refractivity contribution in [2.75, 3.05) is 0 Å². The van der Waals surface area contributed by atoms with Crippen LogP contribution in [0.25, 0.3) is 0 Å². The number of carboxylic acid groups (broad SMARTS) is 1. The molecule has 0 radical (unpaired) electrons. The summed E-state index contributed by atoms with van der Waals surface area (Å²) in [5, 5.41) is 11.8. The molecule has 5 nitrogen and oxygen atoms in total. The molecule has 0 saturated carbocycles. The molecule has 1 aromatic rings. The second kappa shape index (κ2) is 7.31. The summed E-state index contributed by atoms with van der Waals surface area (Å²) in [6.45, 7) is 3.89. The summed E-state index contributed by atoms with van der Waals surface area (Å²) in [5.41, 5.74) is 1.94. The van der Waals surface area contributed by atoms with E-state index in [9.17, 15) is 4.79 Å². The molecule has 1 unspecified atom stereocenters. The highest BCUT2D eigenvalue weighted by atomic mass is 127. The Labute approximate surface area is 114 Å². The van der Waals surface area contributed by atoms with E-state index in [0.29, 0.717) is 12.8 Å². The monoisotopic (exact) mass is 349 g/mol. The van der Waals surface area contributed by atoms with E-state index < -0.39 is 5.97 Å². The molecule has 0 fully saturated rings. The van der Waals surface area contributed by atoms with Crippen LogP contribution < -0.4 is 5.32 Å². The molecule has 0 bridgehead atoms. The fraction of sp³-hybridized carbons (Fsp3) is 0.455. The molecule has 17 heavy (non-hydrogen) atoms. The van der Waals surface area contributed by atoms with Gasteiger partial charge in [-0.3, -0.25) is 4.79 Å². The van der Waals surface area contributed by atoms with Crippen molar-refractivity contribution in [2.45, 2.75) is 29.7 Å². The average Bonchev–Trinajstić information content (AvgIpc) is 2.69. The molecule has 0 spiro atoms. The predicted octanol–water partition coefficient (Wildman–Crippen LogP) is 2.07. The van der Waals surface area contributed by atoms with Crippen LogP contribution in [0.5, 0.6) is 0 Å². The summed E-state index contributed by atoms with van der Waals surface area (Å²) in [7, 11) is 0. The Morgan fingerprint density at radius 2 is 2.41 bits per heavy atom. The molecular formula is C11H16IN3O2. The first-order valence-electron chi connectivity index (χ1n) is 5.35. The van der Waals surface area contributed by atoms with Crippen molar-refractivity contribution in [3.05, 3.63) is 30.5 Å². The Kier molecular flexibility index (Phi) is 6.03. The lowest BCUT2D eigenvalue weighted by Gasteiger charge is -2.14. The number of carbonyl (C=O) groups is 1. The molecule has 0 aliphatic heterocycles. The van der Waals surface area contributed by atoms with E-state index in [1.807, 2.05) is 0 Å². The third-order valence-electron chi connectivity index (χ3n) is 2.18. The molecule has 1 heterocycles. The fourth-order valence-corrected chi connectivity index (χ4v) is 2.30. The van der Waals surface area contributed by atoms with E-state index in [1.54, 1.807) is 12.5 Å². The zero-order valence-corrected chi connectivity index (χ0v) is 11.6. The van der Waals surface area contributed by atoms with Crippen LogP contribution in [0.3, 0.4) is 0 Å². The highest BCUT2D eigenvalue weighted by molar-refractivity contribution is 14.1. The van der Waals surface area contributed by atoms with Crippen LogP contribution in [0.15, 0.2) is 24.8 Å². The maximum Gasteiger partial charge on any atom is 0.303 e. The van der Waals surface area contributed by atoms with E-state index >= 15 is 0 Å². The van der Waals surface area contributed by atoms with Gasteiger partial charge in [0.1, 0.15) is 0 Å². The average molecular weight is 349 g/mol. The first kappa shape index (κ1) is 14.0. The lowest BCUT2D eigenvalue weighted by atomic mass is 10.2. The minimum atomic E-state index is -0.763. The Balaban J connectivity index is 2.19. The summed E-state index contributed by atoms with van der Waals surface area (Å²) in [6.07, 6.45) is 5.77. The Hall–Kier alpha value is -1.05. The highest BCUT2D eigenvalue weighted by Crippen LogP contribution is 2.10. The normalized spacial score (nSPS) is 12.1. The van der Waals surface area contributed by atoms with Crippen molar-refractivity contribution in [3.63, 3.8) is 0 Å². The van der Waals surface area contributed by atoms with Gasteiger partial charge in [0, 0.05) is 30.4 Å². The number of carboxylic acids is 1. The number of hydrogen-bond acceptors (Lipinski definition) is 3. The summed E-state index contributed by atoms with van der Waals surface area (Å²) in [4.78, 5) is 17.3. The maximum atomic E-state index is 10.4. The number of aromatic nitrogens is 2. The third-order valence-corrected chi connectivity index (χ3v) is 2.94. The number of allylic oxidation sites excluding steroid dienone is 1. The lowest BCUT2D eigenvalue weighted by molar-refractivity contribution is -0.137. The van der Waals surface area contributed by atoms with Gasteiger partial charge in [-0.05, 0) is 12.8 Å². The van der Waals surface area contributed by atoms with Gasteiger partial charge >= 0.3 is 5.97 Å². The fourth-order valence-electron chi connectivity index (χ4n) is 1.39. The number of halogens is 1. The van der Waals surface area contributed by atoms with E-state index in [2.05, 4.69) is 44.5 Å². The first-order valence-corrected chi connectivity index (χ1v) is 6.60. The lowest BCUT2D eigenvalue weighted by Crippen LogP contribution is -2.24. The molecule has 3 N–H and O–H groups in total. The minimum absolute atomic E-state index is 0.188. The second-order valence-corrected chi connectivity index (χ2v) is 5.25. The number of aromatic amines is 1. The topological polar surface area (TPSA) is 78.0 Å². The van der Waals surface area contributed by atoms with Gasteiger partial charge in [0.15, 0.2) is 0 Å². The van der Waals surface area contributed by atoms with Crippen molar-refractivity contribution in [2.24, 2.45) is 0 Å². The molecule has 1 atom stereocenters. The predicted molar refractivity (Wildman–Crippen MR) is 73.9 cm³/mol. The van der Waals surface area contributed by atoms with Crippen LogP contribution in [-0.4, -0.2) is 25.1 Å². The quantitative estimate of drug-likeness (QED) is 0.382. The van der Waals surface area contributed by atoms with Crippen molar-refractivity contribution in [3.8, 4) is 0 Å². The van der Waals surface area contributed by atoms with Gasteiger partial charge in [0.2, 0.25) is 0 Å². The molecular weight excluding hydrogens is 333 g/mol. The van der Waals surface area contributed by atoms with Crippen molar-refractivity contribution in [1.82, 2.24) is 15.3 Å². The molecule has 6 heteroatoms. The second-order valence-electron chi connectivity index (χ2n) is 3.74. The van der Waals surface area contributed by atoms with Crippen LogP contribution >= 0.6 is 22.6 Å². The van der Waals surface area contributed by atoms with Crippen molar-refractivity contribution in [1.29, 1.82) is 0 Å². The smallest absolute Gasteiger partial charge is 0.303 e. The number of alkyl halides is 1. The first-order chi connectivity index (χ1) is 8.08. The van der Waals surface area contributed by atoms with Crippen LogP contribution in [0, 0.1) is 0 Å². The Bertz CT molecular complexity index is 365. The molecule has 0 aliphatic carbocycles. The van der Waals surface area contributed by atoms with Crippen LogP contribution in [0.1, 0.15) is 25.0 Å². The van der Waals surface area contributed by atoms with Gasteiger partial charge in [0.05, 0.1) is 10.4 Å².